The van der Waals surface area contributed by atoms with Crippen LogP contribution in [0.3, 0.4) is 0 Å². The molecule has 0 amide bonds. The average Bonchev–Trinajstić information content (AvgIpc) is 2.07. The Hall–Kier alpha value is -1.69. The molecule has 0 spiro atoms. The van der Waals surface area contributed by atoms with Gasteiger partial charge >= 0.3 is 0 Å². The van der Waals surface area contributed by atoms with Crippen LogP contribution in [0.1, 0.15) is 12.0 Å². The number of aromatic nitrogens is 2. The van der Waals surface area contributed by atoms with E-state index in [2.05, 4.69) is 9.97 Å². The maximum absolute atomic E-state index is 8.21. The number of hydrogen-bond acceptors (Lipinski definition) is 3. The molecule has 0 fully saturated rings. The average molecular weight is 145 g/mol. The van der Waals surface area contributed by atoms with Crippen LogP contribution in [0, 0.1) is 11.3 Å². The molecular weight excluding hydrogens is 138 g/mol. The van der Waals surface area contributed by atoms with Gasteiger partial charge < -0.3 is 0 Å². The van der Waals surface area contributed by atoms with Crippen molar-refractivity contribution < 1.29 is 0 Å². The quantitative estimate of drug-likeness (QED) is 0.632. The fourth-order valence-corrected chi connectivity index (χ4v) is 0.644. The fourth-order valence-electron chi connectivity index (χ4n) is 0.644. The summed E-state index contributed by atoms with van der Waals surface area (Å²) in [4.78, 5) is 7.64. The Kier molecular flexibility index (Phi) is 2.82. The van der Waals surface area contributed by atoms with E-state index in [-0.39, 0.29) is 0 Å². The van der Waals surface area contributed by atoms with Crippen LogP contribution in [0.2, 0.25) is 0 Å². The third-order valence-electron chi connectivity index (χ3n) is 1.10. The van der Waals surface area contributed by atoms with Gasteiger partial charge in [-0.2, -0.15) is 5.26 Å². The molecule has 0 saturated carbocycles. The van der Waals surface area contributed by atoms with Crippen molar-refractivity contribution in [2.24, 2.45) is 0 Å². The van der Waals surface area contributed by atoms with Gasteiger partial charge in [-0.15, -0.1) is 0 Å². The molecule has 0 atom stereocenters. The lowest BCUT2D eigenvalue weighted by molar-refractivity contribution is 1.16. The minimum atomic E-state index is 0.425. The lowest BCUT2D eigenvalue weighted by atomic mass is 10.3. The van der Waals surface area contributed by atoms with Crippen molar-refractivity contribution in [3.63, 3.8) is 0 Å². The topological polar surface area (TPSA) is 49.6 Å². The van der Waals surface area contributed by atoms with Crippen molar-refractivity contribution in [1.29, 1.82) is 5.26 Å². The molecule has 0 aromatic carbocycles. The van der Waals surface area contributed by atoms with Crippen LogP contribution in [0.25, 0.3) is 6.08 Å². The van der Waals surface area contributed by atoms with E-state index in [9.17, 15) is 0 Å². The van der Waals surface area contributed by atoms with Gasteiger partial charge in [0.15, 0.2) is 0 Å². The number of nitriles is 1. The van der Waals surface area contributed by atoms with E-state index >= 15 is 0 Å². The van der Waals surface area contributed by atoms with Crippen molar-refractivity contribution in [2.75, 3.05) is 0 Å². The van der Waals surface area contributed by atoms with E-state index in [0.29, 0.717) is 6.42 Å². The molecule has 0 radical (unpaired) electrons. The first-order valence-corrected chi connectivity index (χ1v) is 3.22. The largest absolute Gasteiger partial charge is 0.244 e. The van der Waals surface area contributed by atoms with Crippen LogP contribution in [-0.2, 0) is 0 Å². The van der Waals surface area contributed by atoms with Crippen LogP contribution < -0.4 is 0 Å². The summed E-state index contributed by atoms with van der Waals surface area (Å²) in [5, 5.41) is 8.21. The predicted octanol–water partition coefficient (Wildman–Crippen LogP) is 1.40. The highest BCUT2D eigenvalue weighted by Gasteiger charge is 1.82. The Bertz CT molecular complexity index is 271. The van der Waals surface area contributed by atoms with Crippen LogP contribution in [0.15, 0.2) is 24.8 Å². The Labute approximate surface area is 65.0 Å². The van der Waals surface area contributed by atoms with Gasteiger partial charge in [0.25, 0.3) is 0 Å². The van der Waals surface area contributed by atoms with Gasteiger partial charge in [0.05, 0.1) is 12.5 Å². The highest BCUT2D eigenvalue weighted by Crippen LogP contribution is 1.96. The zero-order valence-corrected chi connectivity index (χ0v) is 5.94. The summed E-state index contributed by atoms with van der Waals surface area (Å²) < 4.78 is 0. The third kappa shape index (κ3) is 2.59. The fraction of sp³-hybridized carbons (Fsp3) is 0.125. The van der Waals surface area contributed by atoms with Gasteiger partial charge in [0.1, 0.15) is 6.33 Å². The van der Waals surface area contributed by atoms with E-state index in [1.807, 2.05) is 12.1 Å². The highest BCUT2D eigenvalue weighted by atomic mass is 14.8. The molecule has 54 valence electrons. The van der Waals surface area contributed by atoms with E-state index < -0.39 is 0 Å². The molecule has 0 saturated heterocycles. The van der Waals surface area contributed by atoms with Gasteiger partial charge in [-0.3, -0.25) is 0 Å². The van der Waals surface area contributed by atoms with Crippen LogP contribution >= 0.6 is 0 Å². The van der Waals surface area contributed by atoms with E-state index in [0.717, 1.165) is 5.56 Å². The van der Waals surface area contributed by atoms with Crippen LogP contribution in [0.5, 0.6) is 0 Å². The molecular formula is C8H7N3. The molecule has 1 rings (SSSR count). The van der Waals surface area contributed by atoms with Gasteiger partial charge in [-0.25, -0.2) is 9.97 Å². The summed E-state index contributed by atoms with van der Waals surface area (Å²) in [6.07, 6.45) is 8.89. The van der Waals surface area contributed by atoms with Gasteiger partial charge in [-0.05, 0) is 0 Å². The minimum absolute atomic E-state index is 0.425. The molecule has 0 aliphatic heterocycles. The van der Waals surface area contributed by atoms with E-state index in [1.54, 1.807) is 18.5 Å². The predicted molar refractivity (Wildman–Crippen MR) is 41.3 cm³/mol. The molecule has 0 N–H and O–H groups in total. The SMILES string of the molecule is N#CCC=Cc1cncnc1. The van der Waals surface area contributed by atoms with Crippen LogP contribution in [0.4, 0.5) is 0 Å². The van der Waals surface area contributed by atoms with Crippen molar-refractivity contribution in [3.05, 3.63) is 30.4 Å². The molecule has 1 aromatic heterocycles. The second-order valence-electron chi connectivity index (χ2n) is 1.94. The standard InChI is InChI=1S/C8H7N3/c9-4-2-1-3-8-5-10-7-11-6-8/h1,3,5-7H,2H2. The molecule has 3 nitrogen and oxygen atoms in total. The molecule has 0 aliphatic rings. The second-order valence-corrected chi connectivity index (χ2v) is 1.94. The Morgan fingerprint density at radius 1 is 1.45 bits per heavy atom. The number of nitrogens with zero attached hydrogens (tertiary/aromatic N) is 3. The Morgan fingerprint density at radius 2 is 2.18 bits per heavy atom. The monoisotopic (exact) mass is 145 g/mol. The maximum Gasteiger partial charge on any atom is 0.115 e. The van der Waals surface area contributed by atoms with E-state index in [4.69, 9.17) is 5.26 Å². The first kappa shape index (κ1) is 7.42. The highest BCUT2D eigenvalue weighted by molar-refractivity contribution is 5.46. The summed E-state index contributed by atoms with van der Waals surface area (Å²) >= 11 is 0. The van der Waals surface area contributed by atoms with Gasteiger partial charge in [0.2, 0.25) is 0 Å². The Balaban J connectivity index is 2.59. The first-order valence-electron chi connectivity index (χ1n) is 3.22. The summed E-state index contributed by atoms with van der Waals surface area (Å²) in [6, 6.07) is 2.01. The Morgan fingerprint density at radius 3 is 2.82 bits per heavy atom. The second kappa shape index (κ2) is 4.18. The number of rotatable bonds is 2. The molecule has 1 heterocycles. The third-order valence-corrected chi connectivity index (χ3v) is 1.10. The lowest BCUT2D eigenvalue weighted by Crippen LogP contribution is -1.77. The van der Waals surface area contributed by atoms with Gasteiger partial charge in [-0.1, -0.05) is 12.2 Å². The summed E-state index contributed by atoms with van der Waals surface area (Å²) in [5.41, 5.74) is 0.919. The molecule has 0 bridgehead atoms. The molecule has 11 heavy (non-hydrogen) atoms. The summed E-state index contributed by atoms with van der Waals surface area (Å²) in [5.74, 6) is 0. The number of allylic oxidation sites excluding steroid dienone is 1. The molecule has 1 aromatic rings. The molecule has 0 aliphatic carbocycles. The zero-order valence-electron chi connectivity index (χ0n) is 5.94. The van der Waals surface area contributed by atoms with Crippen LogP contribution in [-0.4, -0.2) is 9.97 Å². The summed E-state index contributed by atoms with van der Waals surface area (Å²) in [7, 11) is 0. The van der Waals surface area contributed by atoms with Crippen molar-refractivity contribution in [1.82, 2.24) is 9.97 Å². The minimum Gasteiger partial charge on any atom is -0.244 e. The number of hydrogen-bond donors (Lipinski definition) is 0. The molecule has 0 unspecified atom stereocenters. The van der Waals surface area contributed by atoms with E-state index in [1.165, 1.54) is 6.33 Å². The van der Waals surface area contributed by atoms with Crippen molar-refractivity contribution in [2.45, 2.75) is 6.42 Å². The lowest BCUT2D eigenvalue weighted by Gasteiger charge is -1.86. The molecule has 3 heteroatoms. The summed E-state index contributed by atoms with van der Waals surface area (Å²) in [6.45, 7) is 0. The normalized spacial score (nSPS) is 9.73. The maximum atomic E-state index is 8.21. The van der Waals surface area contributed by atoms with Crippen molar-refractivity contribution >= 4 is 6.08 Å². The van der Waals surface area contributed by atoms with Crippen molar-refractivity contribution in [3.8, 4) is 6.07 Å². The zero-order chi connectivity index (χ0) is 7.94. The smallest absolute Gasteiger partial charge is 0.115 e. The van der Waals surface area contributed by atoms with Gasteiger partial charge in [0, 0.05) is 18.0 Å². The first-order chi connectivity index (χ1) is 5.43.